The van der Waals surface area contributed by atoms with Gasteiger partial charge in [-0.1, -0.05) is 13.3 Å². The van der Waals surface area contributed by atoms with Crippen LogP contribution in [0.15, 0.2) is 0 Å². The van der Waals surface area contributed by atoms with Crippen LogP contribution in [0.3, 0.4) is 0 Å². The fraction of sp³-hybridized carbons (Fsp3) is 0.857. The Morgan fingerprint density at radius 3 is 2.33 bits per heavy atom. The molecule has 0 aliphatic carbocycles. The van der Waals surface area contributed by atoms with E-state index in [0.29, 0.717) is 13.1 Å². The summed E-state index contributed by atoms with van der Waals surface area (Å²) in [6.45, 7) is 2.38. The van der Waals surface area contributed by atoms with Crippen molar-refractivity contribution in [2.24, 2.45) is 0 Å². The van der Waals surface area contributed by atoms with Crippen LogP contribution in [0.2, 0.25) is 0 Å². The SMILES string of the molecule is CCCCC(=O)[N-]C[N-]C.[Rb+].[Rb+]. The number of nitrogens with zero attached hydrogens (tertiary/aromatic N) is 2. The minimum Gasteiger partial charge on any atom is -0.681 e. The van der Waals surface area contributed by atoms with Gasteiger partial charge in [0, 0.05) is 5.91 Å². The first kappa shape index (κ1) is 20.5. The number of hydrogen-bond acceptors (Lipinski definition) is 1. The van der Waals surface area contributed by atoms with E-state index in [-0.39, 0.29) is 122 Å². The normalized spacial score (nSPS) is 7.83. The van der Waals surface area contributed by atoms with Gasteiger partial charge >= 0.3 is 116 Å². The van der Waals surface area contributed by atoms with Crippen molar-refractivity contribution in [3.05, 3.63) is 10.6 Å². The van der Waals surface area contributed by atoms with Crippen molar-refractivity contribution >= 4 is 5.91 Å². The summed E-state index contributed by atoms with van der Waals surface area (Å²) in [5, 5.41) is 7.37. The van der Waals surface area contributed by atoms with E-state index in [2.05, 4.69) is 17.6 Å². The largest absolute Gasteiger partial charge is 1.00 e. The zero-order valence-corrected chi connectivity index (χ0v) is 18.5. The molecule has 0 aliphatic rings. The monoisotopic (exact) mass is 312 g/mol. The first-order chi connectivity index (χ1) is 4.81. The van der Waals surface area contributed by atoms with Gasteiger partial charge in [0.15, 0.2) is 0 Å². The van der Waals surface area contributed by atoms with Gasteiger partial charge in [0.25, 0.3) is 0 Å². The Balaban J connectivity index is -0.000000405. The van der Waals surface area contributed by atoms with E-state index in [9.17, 15) is 4.79 Å². The second kappa shape index (κ2) is 16.5. The standard InChI is InChI=1S/C7H15N2O.2Rb/c1-3-4-5-7(10)9-6-8-2;;/h3-6H2,1-2H3,(H,9,10);;/q-1;2*+1/p-1. The van der Waals surface area contributed by atoms with E-state index in [4.69, 9.17) is 0 Å². The molecule has 3 nitrogen and oxygen atoms in total. The van der Waals surface area contributed by atoms with Crippen LogP contribution in [0.1, 0.15) is 26.2 Å². The zero-order chi connectivity index (χ0) is 7.82. The quantitative estimate of drug-likeness (QED) is 0.511. The maximum atomic E-state index is 10.7. The predicted molar refractivity (Wildman–Crippen MR) is 42.0 cm³/mol. The van der Waals surface area contributed by atoms with Crippen LogP contribution in [-0.2, 0) is 4.79 Å². The molecule has 0 fully saturated rings. The van der Waals surface area contributed by atoms with Crippen LogP contribution in [0.5, 0.6) is 0 Å². The Kier molecular flexibility index (Phi) is 28.1. The van der Waals surface area contributed by atoms with E-state index in [1.165, 1.54) is 0 Å². The van der Waals surface area contributed by atoms with Crippen LogP contribution in [0.4, 0.5) is 0 Å². The molecule has 0 aromatic heterocycles. The topological polar surface area (TPSA) is 45.3 Å². The van der Waals surface area contributed by atoms with E-state index >= 15 is 0 Å². The molecule has 0 saturated heterocycles. The van der Waals surface area contributed by atoms with Crippen LogP contribution in [0, 0.1) is 0 Å². The summed E-state index contributed by atoms with van der Waals surface area (Å²) in [7, 11) is 1.65. The summed E-state index contributed by atoms with van der Waals surface area (Å²) in [5.41, 5.74) is 0. The van der Waals surface area contributed by atoms with Gasteiger partial charge in [0.2, 0.25) is 0 Å². The molecule has 0 atom stereocenters. The average Bonchev–Trinajstić information content (AvgIpc) is 1.97. The van der Waals surface area contributed by atoms with Gasteiger partial charge in [-0.2, -0.15) is 7.05 Å². The molecule has 0 heterocycles. The Morgan fingerprint density at radius 1 is 1.33 bits per heavy atom. The maximum absolute atomic E-state index is 10.7. The Bertz CT molecular complexity index is 91.4. The third-order valence-electron chi connectivity index (χ3n) is 1.13. The molecular formula is C7H14N2ORb2. The molecule has 0 N–H and O–H groups in total. The number of carbonyl (C=O) groups excluding carboxylic acids is 1. The number of unbranched alkanes of at least 4 members (excludes halogenated alkanes) is 1. The molecular weight excluding hydrogens is 299 g/mol. The first-order valence-electron chi connectivity index (χ1n) is 3.57. The smallest absolute Gasteiger partial charge is 0.681 e. The van der Waals surface area contributed by atoms with Crippen molar-refractivity contribution in [1.82, 2.24) is 0 Å². The van der Waals surface area contributed by atoms with Gasteiger partial charge in [-0.15, -0.1) is 0 Å². The van der Waals surface area contributed by atoms with Crippen molar-refractivity contribution in [3.63, 3.8) is 0 Å². The fourth-order valence-corrected chi connectivity index (χ4v) is 0.557. The molecule has 1 amide bonds. The summed E-state index contributed by atoms with van der Waals surface area (Å²) in [6, 6.07) is 0. The van der Waals surface area contributed by atoms with E-state index in [1.54, 1.807) is 7.05 Å². The van der Waals surface area contributed by atoms with Gasteiger partial charge in [0.05, 0.1) is 0 Å². The molecule has 0 bridgehead atoms. The zero-order valence-electron chi connectivity index (χ0n) is 8.63. The molecule has 0 aromatic carbocycles. The molecule has 0 aromatic rings. The van der Waals surface area contributed by atoms with Gasteiger partial charge < -0.3 is 15.4 Å². The molecule has 0 spiro atoms. The molecule has 12 heavy (non-hydrogen) atoms. The van der Waals surface area contributed by atoms with Crippen LogP contribution in [-0.4, -0.2) is 19.6 Å². The van der Waals surface area contributed by atoms with Crippen molar-refractivity contribution in [2.75, 3.05) is 13.7 Å². The number of rotatable bonds is 5. The van der Waals surface area contributed by atoms with Crippen LogP contribution >= 0.6 is 0 Å². The minimum atomic E-state index is -0.0209. The van der Waals surface area contributed by atoms with Crippen LogP contribution < -0.4 is 116 Å². The third-order valence-corrected chi connectivity index (χ3v) is 1.13. The van der Waals surface area contributed by atoms with E-state index in [0.717, 1.165) is 12.8 Å². The van der Waals surface area contributed by atoms with Gasteiger partial charge in [-0.3, -0.25) is 0 Å². The molecule has 0 saturated carbocycles. The molecule has 5 heteroatoms. The number of hydrogen-bond donors (Lipinski definition) is 0. The Morgan fingerprint density at radius 2 is 1.92 bits per heavy atom. The summed E-state index contributed by atoms with van der Waals surface area (Å²) in [6.07, 6.45) is 2.56. The molecule has 0 aliphatic heterocycles. The predicted octanol–water partition coefficient (Wildman–Crippen LogP) is -3.95. The number of carbonyl (C=O) groups is 1. The van der Waals surface area contributed by atoms with Crippen molar-refractivity contribution < 1.29 is 121 Å². The molecule has 0 unspecified atom stereocenters. The van der Waals surface area contributed by atoms with Gasteiger partial charge in [0.1, 0.15) is 0 Å². The summed E-state index contributed by atoms with van der Waals surface area (Å²) in [5.74, 6) is -0.0209. The van der Waals surface area contributed by atoms with Crippen molar-refractivity contribution in [1.29, 1.82) is 0 Å². The fourth-order valence-electron chi connectivity index (χ4n) is 0.557. The number of amides is 1. The van der Waals surface area contributed by atoms with Crippen molar-refractivity contribution in [2.45, 2.75) is 26.2 Å². The summed E-state index contributed by atoms with van der Waals surface area (Å²) >= 11 is 0. The van der Waals surface area contributed by atoms with E-state index in [1.807, 2.05) is 0 Å². The second-order valence-corrected chi connectivity index (χ2v) is 2.11. The molecule has 60 valence electrons. The second-order valence-electron chi connectivity index (χ2n) is 2.11. The van der Waals surface area contributed by atoms with Gasteiger partial charge in [-0.25, -0.2) is 6.67 Å². The van der Waals surface area contributed by atoms with Crippen LogP contribution in [0.25, 0.3) is 10.6 Å². The van der Waals surface area contributed by atoms with Gasteiger partial charge in [-0.05, 0) is 12.8 Å². The third kappa shape index (κ3) is 15.5. The van der Waals surface area contributed by atoms with Crippen molar-refractivity contribution in [3.8, 4) is 0 Å². The minimum absolute atomic E-state index is 0. The summed E-state index contributed by atoms with van der Waals surface area (Å²) < 4.78 is 0. The average molecular weight is 313 g/mol. The Hall–Kier alpha value is 3.04. The summed E-state index contributed by atoms with van der Waals surface area (Å²) in [4.78, 5) is 10.7. The molecule has 0 radical (unpaired) electrons. The van der Waals surface area contributed by atoms with E-state index < -0.39 is 0 Å². The maximum Gasteiger partial charge on any atom is 1.00 e. The first-order valence-corrected chi connectivity index (χ1v) is 3.57. The Labute approximate surface area is 173 Å². The molecule has 0 rings (SSSR count).